The first-order valence-electron chi connectivity index (χ1n) is 7.61. The van der Waals surface area contributed by atoms with Crippen LogP contribution >= 0.6 is 11.8 Å². The van der Waals surface area contributed by atoms with Crippen molar-refractivity contribution in [2.24, 2.45) is 0 Å². The second-order valence-corrected chi connectivity index (χ2v) is 6.33. The minimum Gasteiger partial charge on any atom is -0.442 e. The van der Waals surface area contributed by atoms with Crippen LogP contribution in [0.3, 0.4) is 0 Å². The number of para-hydroxylation sites is 1. The van der Waals surface area contributed by atoms with Gasteiger partial charge in [0.05, 0.1) is 11.3 Å². The molecule has 24 heavy (non-hydrogen) atoms. The van der Waals surface area contributed by atoms with E-state index in [1.54, 1.807) is 10.7 Å². The number of hydrogen-bond donors (Lipinski definition) is 0. The molecule has 0 unspecified atom stereocenters. The molecule has 0 bridgehead atoms. The minimum absolute atomic E-state index is 0.309. The minimum atomic E-state index is -0.438. The Morgan fingerprint density at radius 3 is 2.83 bits per heavy atom. The summed E-state index contributed by atoms with van der Waals surface area (Å²) in [5.74, 6) is -0.309. The molecule has 4 rings (SSSR count). The number of thioether (sulfide) groups is 1. The third-order valence-corrected chi connectivity index (χ3v) is 4.93. The monoisotopic (exact) mass is 338 g/mol. The van der Waals surface area contributed by atoms with Crippen molar-refractivity contribution in [1.29, 1.82) is 0 Å². The summed E-state index contributed by atoms with van der Waals surface area (Å²) in [6.45, 7) is 2.09. The van der Waals surface area contributed by atoms with Crippen molar-refractivity contribution < 1.29 is 9.53 Å². The molecule has 3 aromatic rings. The quantitative estimate of drug-likeness (QED) is 0.681. The lowest BCUT2D eigenvalue weighted by atomic mass is 10.1. The van der Waals surface area contributed by atoms with Gasteiger partial charge < -0.3 is 4.74 Å². The molecule has 1 atom stereocenters. The highest BCUT2D eigenvalue weighted by molar-refractivity contribution is 7.99. The molecule has 2 heterocycles. The predicted molar refractivity (Wildman–Crippen MR) is 89.0 cm³/mol. The van der Waals surface area contributed by atoms with Gasteiger partial charge in [0.15, 0.2) is 5.44 Å². The van der Waals surface area contributed by atoms with E-state index in [9.17, 15) is 4.79 Å². The van der Waals surface area contributed by atoms with E-state index in [4.69, 9.17) is 4.74 Å². The molecule has 0 radical (unpaired) electrons. The fraction of sp³-hybridized carbons (Fsp3) is 0.176. The Labute approximate surface area is 142 Å². The van der Waals surface area contributed by atoms with Gasteiger partial charge in [-0.15, -0.1) is 5.10 Å². The molecule has 2 aromatic carbocycles. The number of ether oxygens (including phenoxy) is 1. The second kappa shape index (κ2) is 6.09. The van der Waals surface area contributed by atoms with Gasteiger partial charge in [0.2, 0.25) is 5.16 Å². The highest BCUT2D eigenvalue weighted by atomic mass is 32.2. The van der Waals surface area contributed by atoms with Crippen LogP contribution in [-0.4, -0.2) is 26.2 Å². The summed E-state index contributed by atoms with van der Waals surface area (Å²) in [6.07, 6.45) is 0.876. The average Bonchev–Trinajstić information content (AvgIpc) is 3.21. The van der Waals surface area contributed by atoms with E-state index < -0.39 is 5.44 Å². The number of aromatic nitrogens is 4. The summed E-state index contributed by atoms with van der Waals surface area (Å²) >= 11 is 1.33. The molecule has 6 nitrogen and oxygen atoms in total. The molecular formula is C17H14N4O2S. The summed E-state index contributed by atoms with van der Waals surface area (Å²) in [6, 6.07) is 15.4. The van der Waals surface area contributed by atoms with Crippen molar-refractivity contribution in [3.63, 3.8) is 0 Å². The van der Waals surface area contributed by atoms with Gasteiger partial charge in [0, 0.05) is 5.56 Å². The summed E-state index contributed by atoms with van der Waals surface area (Å²) in [7, 11) is 0. The first kappa shape index (κ1) is 14.9. The maximum Gasteiger partial charge on any atom is 0.340 e. The predicted octanol–water partition coefficient (Wildman–Crippen LogP) is 3.19. The molecule has 0 amide bonds. The Morgan fingerprint density at radius 1 is 1.17 bits per heavy atom. The van der Waals surface area contributed by atoms with E-state index in [2.05, 4.69) is 28.5 Å². The van der Waals surface area contributed by atoms with Crippen molar-refractivity contribution in [2.75, 3.05) is 0 Å². The Hall–Kier alpha value is -2.67. The molecule has 120 valence electrons. The number of fused-ring (bicyclic) bond motifs is 1. The molecule has 0 saturated heterocycles. The van der Waals surface area contributed by atoms with Gasteiger partial charge in [-0.1, -0.05) is 43.3 Å². The normalized spacial score (nSPS) is 16.0. The van der Waals surface area contributed by atoms with Crippen LogP contribution in [0, 0.1) is 0 Å². The summed E-state index contributed by atoms with van der Waals surface area (Å²) in [5, 5.41) is 12.6. The van der Waals surface area contributed by atoms with Gasteiger partial charge >= 0.3 is 5.97 Å². The lowest BCUT2D eigenvalue weighted by Crippen LogP contribution is -2.04. The van der Waals surface area contributed by atoms with Crippen LogP contribution in [0.4, 0.5) is 0 Å². The Kier molecular flexibility index (Phi) is 3.78. The average molecular weight is 338 g/mol. The van der Waals surface area contributed by atoms with E-state index >= 15 is 0 Å². The number of benzene rings is 2. The first-order valence-corrected chi connectivity index (χ1v) is 8.49. The zero-order chi connectivity index (χ0) is 16.5. The van der Waals surface area contributed by atoms with Crippen molar-refractivity contribution in [2.45, 2.75) is 23.9 Å². The van der Waals surface area contributed by atoms with Crippen molar-refractivity contribution in [3.8, 4) is 5.69 Å². The number of carbonyl (C=O) groups excluding carboxylic acids is 1. The largest absolute Gasteiger partial charge is 0.442 e. The summed E-state index contributed by atoms with van der Waals surface area (Å²) < 4.78 is 7.16. The second-order valence-electron chi connectivity index (χ2n) is 5.30. The van der Waals surface area contributed by atoms with Crippen LogP contribution in [0.1, 0.15) is 33.8 Å². The lowest BCUT2D eigenvalue weighted by Gasteiger charge is -2.11. The SMILES string of the molecule is CCc1ccccc1-n1nnnc1S[C@@H]1OC(=O)c2ccccc21. The van der Waals surface area contributed by atoms with Crippen LogP contribution in [0.2, 0.25) is 0 Å². The number of esters is 1. The number of hydrogen-bond acceptors (Lipinski definition) is 6. The van der Waals surface area contributed by atoms with Crippen LogP contribution in [0.5, 0.6) is 0 Å². The maximum atomic E-state index is 12.0. The van der Waals surface area contributed by atoms with Gasteiger partial charge in [-0.2, -0.15) is 4.68 Å². The Morgan fingerprint density at radius 2 is 1.96 bits per heavy atom. The van der Waals surface area contributed by atoms with Gasteiger partial charge in [0.1, 0.15) is 0 Å². The lowest BCUT2D eigenvalue weighted by molar-refractivity contribution is 0.0521. The van der Waals surface area contributed by atoms with Crippen LogP contribution < -0.4 is 0 Å². The topological polar surface area (TPSA) is 69.9 Å². The highest BCUT2D eigenvalue weighted by Crippen LogP contribution is 2.42. The highest BCUT2D eigenvalue weighted by Gasteiger charge is 2.33. The molecule has 0 spiro atoms. The molecule has 1 aromatic heterocycles. The van der Waals surface area contributed by atoms with Gasteiger partial charge in [-0.25, -0.2) is 4.79 Å². The third kappa shape index (κ3) is 2.46. The fourth-order valence-electron chi connectivity index (χ4n) is 2.72. The standard InChI is InChI=1S/C17H14N4O2S/c1-2-11-7-3-6-10-14(11)21-17(18-19-20-21)24-16-13-9-5-4-8-12(13)15(22)23-16/h3-10,16H,2H2,1H3/t16-/m0/s1. The van der Waals surface area contributed by atoms with E-state index in [0.29, 0.717) is 10.7 Å². The molecule has 0 aliphatic carbocycles. The molecule has 7 heteroatoms. The van der Waals surface area contributed by atoms with Crippen molar-refractivity contribution >= 4 is 17.7 Å². The third-order valence-electron chi connectivity index (χ3n) is 3.90. The van der Waals surface area contributed by atoms with E-state index in [-0.39, 0.29) is 5.97 Å². The molecule has 0 fully saturated rings. The smallest absolute Gasteiger partial charge is 0.340 e. The Balaban J connectivity index is 1.69. The number of tetrazole rings is 1. The maximum absolute atomic E-state index is 12.0. The van der Waals surface area contributed by atoms with Gasteiger partial charge in [-0.05, 0) is 46.3 Å². The van der Waals surface area contributed by atoms with E-state index in [1.165, 1.54) is 11.8 Å². The Bertz CT molecular complexity index is 909. The van der Waals surface area contributed by atoms with Crippen molar-refractivity contribution in [1.82, 2.24) is 20.2 Å². The molecule has 1 aliphatic rings. The zero-order valence-electron chi connectivity index (χ0n) is 12.9. The van der Waals surface area contributed by atoms with E-state index in [0.717, 1.165) is 23.2 Å². The molecule has 0 saturated carbocycles. The molecular weight excluding hydrogens is 324 g/mol. The van der Waals surface area contributed by atoms with Gasteiger partial charge in [-0.3, -0.25) is 0 Å². The number of carbonyl (C=O) groups is 1. The van der Waals surface area contributed by atoms with E-state index in [1.807, 2.05) is 36.4 Å². The van der Waals surface area contributed by atoms with Crippen LogP contribution in [-0.2, 0) is 11.2 Å². The number of nitrogens with zero attached hydrogens (tertiary/aromatic N) is 4. The summed E-state index contributed by atoms with van der Waals surface area (Å²) in [5.41, 5.74) is 3.10. The molecule has 0 N–H and O–H groups in total. The number of cyclic esters (lactones) is 1. The van der Waals surface area contributed by atoms with Crippen LogP contribution in [0.25, 0.3) is 5.69 Å². The number of rotatable bonds is 4. The van der Waals surface area contributed by atoms with Crippen LogP contribution in [0.15, 0.2) is 53.7 Å². The first-order chi connectivity index (χ1) is 11.8. The fourth-order valence-corrected chi connectivity index (χ4v) is 3.69. The van der Waals surface area contributed by atoms with Crippen molar-refractivity contribution in [3.05, 3.63) is 65.2 Å². The molecule has 1 aliphatic heterocycles. The number of aryl methyl sites for hydroxylation is 1. The van der Waals surface area contributed by atoms with Gasteiger partial charge in [0.25, 0.3) is 0 Å². The zero-order valence-corrected chi connectivity index (χ0v) is 13.7. The summed E-state index contributed by atoms with van der Waals surface area (Å²) in [4.78, 5) is 12.0.